The van der Waals surface area contributed by atoms with Crippen LogP contribution in [0, 0.1) is 12.8 Å². The van der Waals surface area contributed by atoms with Crippen LogP contribution < -0.4 is 23.8 Å². The van der Waals surface area contributed by atoms with E-state index in [0.717, 1.165) is 17.8 Å². The smallest absolute Gasteiger partial charge is 0.350 e. The van der Waals surface area contributed by atoms with Crippen molar-refractivity contribution in [2.75, 3.05) is 37.9 Å². The molecule has 1 aromatic heterocycles. The van der Waals surface area contributed by atoms with E-state index in [9.17, 15) is 19.5 Å². The topological polar surface area (TPSA) is 134 Å². The lowest BCUT2D eigenvalue weighted by atomic mass is 9.95. The Labute approximate surface area is 271 Å². The number of ketones is 1. The van der Waals surface area contributed by atoms with Gasteiger partial charge in [0.05, 0.1) is 30.5 Å². The number of Topliss-reactive ketones (excluding diaryl/α,β-unsaturated/α-hetero) is 1. The van der Waals surface area contributed by atoms with Gasteiger partial charge in [-0.3, -0.25) is 14.5 Å². The molecule has 5 rings (SSSR count). The minimum Gasteiger partial charge on any atom is -0.507 e. The number of aryl methyl sites for hydroxylation is 1. The average molecular weight is 649 g/mol. The molecule has 0 radical (unpaired) electrons. The van der Waals surface area contributed by atoms with Gasteiger partial charge in [0.2, 0.25) is 0 Å². The van der Waals surface area contributed by atoms with Crippen LogP contribution in [-0.2, 0) is 14.3 Å². The Bertz CT molecular complexity index is 1690. The number of ether oxygens (including phenoxy) is 5. The van der Waals surface area contributed by atoms with Gasteiger partial charge in [-0.1, -0.05) is 43.9 Å². The number of aliphatic hydroxyl groups excluding tert-OH is 1. The summed E-state index contributed by atoms with van der Waals surface area (Å²) in [5.74, 6) is -0.607. The number of carbonyl (C=O) groups excluding carboxylic acids is 3. The SMILES string of the molecule is C=CCOC(=O)c1sc(N2C(=O)C(=O)/C(=C(/O)c3ccc4c(c3)OCCO4)[C@H]2c2ccc(OCCC(C)C)c(OCC)c2)nc1C. The van der Waals surface area contributed by atoms with Gasteiger partial charge in [-0.25, -0.2) is 9.78 Å². The molecule has 1 amide bonds. The molecule has 12 heteroatoms. The van der Waals surface area contributed by atoms with Crippen LogP contribution in [0.4, 0.5) is 5.13 Å². The Morgan fingerprint density at radius 2 is 1.89 bits per heavy atom. The highest BCUT2D eigenvalue weighted by Gasteiger charge is 2.49. The molecule has 0 unspecified atom stereocenters. The number of aromatic nitrogens is 1. The fourth-order valence-corrected chi connectivity index (χ4v) is 6.04. The van der Waals surface area contributed by atoms with E-state index in [1.807, 2.05) is 6.92 Å². The van der Waals surface area contributed by atoms with Gasteiger partial charge in [0.25, 0.3) is 5.78 Å². The zero-order chi connectivity index (χ0) is 33.0. The predicted molar refractivity (Wildman–Crippen MR) is 172 cm³/mol. The van der Waals surface area contributed by atoms with Gasteiger partial charge in [-0.2, -0.15) is 0 Å². The first-order chi connectivity index (χ1) is 22.1. The summed E-state index contributed by atoms with van der Waals surface area (Å²) in [6.45, 7) is 12.7. The molecule has 0 bridgehead atoms. The summed E-state index contributed by atoms with van der Waals surface area (Å²) in [5, 5.41) is 11.8. The number of anilines is 1. The predicted octanol–water partition coefficient (Wildman–Crippen LogP) is 6.02. The number of thiazole rings is 1. The molecule has 2 aliphatic rings. The summed E-state index contributed by atoms with van der Waals surface area (Å²) in [6.07, 6.45) is 2.28. The minimum absolute atomic E-state index is 0.00263. The molecule has 0 aliphatic carbocycles. The number of esters is 1. The third-order valence-corrected chi connectivity index (χ3v) is 8.44. The second-order valence-corrected chi connectivity index (χ2v) is 12.0. The Morgan fingerprint density at radius 3 is 2.61 bits per heavy atom. The fourth-order valence-electron chi connectivity index (χ4n) is 5.05. The van der Waals surface area contributed by atoms with Crippen LogP contribution >= 0.6 is 11.3 Å². The second-order valence-electron chi connectivity index (χ2n) is 11.0. The van der Waals surface area contributed by atoms with Crippen LogP contribution in [-0.4, -0.2) is 60.8 Å². The summed E-state index contributed by atoms with van der Waals surface area (Å²) in [6, 6.07) is 8.78. The quantitative estimate of drug-likeness (QED) is 0.0818. The lowest BCUT2D eigenvalue weighted by Gasteiger charge is -2.24. The molecule has 1 atom stereocenters. The number of nitrogens with zero attached hydrogens (tertiary/aromatic N) is 2. The first kappa shape index (κ1) is 32.6. The van der Waals surface area contributed by atoms with Crippen LogP contribution in [0.15, 0.2) is 54.6 Å². The van der Waals surface area contributed by atoms with E-state index < -0.39 is 29.5 Å². The molecule has 3 heterocycles. The molecule has 0 saturated carbocycles. The molecule has 1 N–H and O–H groups in total. The summed E-state index contributed by atoms with van der Waals surface area (Å²) >= 11 is 0.915. The van der Waals surface area contributed by atoms with E-state index in [4.69, 9.17) is 23.7 Å². The Hall–Kier alpha value is -4.84. The van der Waals surface area contributed by atoms with Crippen molar-refractivity contribution in [1.29, 1.82) is 0 Å². The highest BCUT2D eigenvalue weighted by molar-refractivity contribution is 7.17. The van der Waals surface area contributed by atoms with Crippen molar-refractivity contribution in [2.45, 2.75) is 40.2 Å². The van der Waals surface area contributed by atoms with E-state index in [-0.39, 0.29) is 27.8 Å². The van der Waals surface area contributed by atoms with Gasteiger partial charge in [0, 0.05) is 5.56 Å². The summed E-state index contributed by atoms with van der Waals surface area (Å²) < 4.78 is 28.4. The number of benzene rings is 2. The largest absolute Gasteiger partial charge is 0.507 e. The van der Waals surface area contributed by atoms with Gasteiger partial charge in [0.1, 0.15) is 30.5 Å². The number of carbonyl (C=O) groups is 3. The summed E-state index contributed by atoms with van der Waals surface area (Å²) in [7, 11) is 0. The Kier molecular flexibility index (Phi) is 9.96. The molecule has 11 nitrogen and oxygen atoms in total. The van der Waals surface area contributed by atoms with Crippen molar-refractivity contribution in [3.05, 3.63) is 76.3 Å². The van der Waals surface area contributed by atoms with Crippen molar-refractivity contribution in [1.82, 2.24) is 4.98 Å². The lowest BCUT2D eigenvalue weighted by Crippen LogP contribution is -2.29. The molecule has 1 fully saturated rings. The van der Waals surface area contributed by atoms with E-state index in [0.29, 0.717) is 66.6 Å². The number of amides is 1. The highest BCUT2D eigenvalue weighted by atomic mass is 32.1. The third kappa shape index (κ3) is 6.57. The van der Waals surface area contributed by atoms with Crippen LogP contribution in [0.3, 0.4) is 0 Å². The van der Waals surface area contributed by atoms with Crippen molar-refractivity contribution < 1.29 is 43.2 Å². The molecule has 46 heavy (non-hydrogen) atoms. The standard InChI is InChI=1S/C34H36N2O9S/c1-6-13-45-33(40)31-20(5)35-34(46-31)36-28(21-8-10-23(25(17-21)41-7-2)42-14-12-19(3)4)27(30(38)32(36)39)29(37)22-9-11-24-26(18-22)44-16-15-43-24/h6,8-11,17-19,28,37H,1,7,12-16H2,2-5H3/b29-27+/t28-/m1/s1. The van der Waals surface area contributed by atoms with Crippen LogP contribution in [0.1, 0.15) is 59.7 Å². The number of hydrogen-bond acceptors (Lipinski definition) is 11. The Morgan fingerprint density at radius 1 is 1.13 bits per heavy atom. The van der Waals surface area contributed by atoms with Gasteiger partial charge in [-0.05, 0) is 62.1 Å². The monoisotopic (exact) mass is 648 g/mol. The molecular formula is C34H36N2O9S. The zero-order valence-electron chi connectivity index (χ0n) is 26.2. The van der Waals surface area contributed by atoms with Crippen LogP contribution in [0.25, 0.3) is 5.76 Å². The van der Waals surface area contributed by atoms with E-state index in [1.165, 1.54) is 11.0 Å². The van der Waals surface area contributed by atoms with Crippen LogP contribution in [0.5, 0.6) is 23.0 Å². The molecule has 0 spiro atoms. The molecule has 2 aromatic carbocycles. The van der Waals surface area contributed by atoms with Gasteiger partial charge < -0.3 is 28.8 Å². The first-order valence-corrected chi connectivity index (χ1v) is 15.8. The van der Waals surface area contributed by atoms with E-state index in [1.54, 1.807) is 43.3 Å². The number of hydrogen-bond donors (Lipinski definition) is 1. The van der Waals surface area contributed by atoms with Gasteiger partial charge in [0.15, 0.2) is 28.1 Å². The van der Waals surface area contributed by atoms with Crippen molar-refractivity contribution in [2.24, 2.45) is 5.92 Å². The first-order valence-electron chi connectivity index (χ1n) is 15.0. The van der Waals surface area contributed by atoms with Gasteiger partial charge >= 0.3 is 11.9 Å². The molecule has 3 aromatic rings. The Balaban J connectivity index is 1.65. The summed E-state index contributed by atoms with van der Waals surface area (Å²) in [4.78, 5) is 46.2. The molecule has 1 saturated heterocycles. The molecule has 2 aliphatic heterocycles. The lowest BCUT2D eigenvalue weighted by molar-refractivity contribution is -0.132. The maximum absolute atomic E-state index is 13.8. The maximum atomic E-state index is 13.8. The number of rotatable bonds is 12. The van der Waals surface area contributed by atoms with E-state index >= 15 is 0 Å². The fraction of sp³-hybridized carbons (Fsp3) is 0.353. The zero-order valence-corrected chi connectivity index (χ0v) is 27.0. The van der Waals surface area contributed by atoms with Crippen molar-refractivity contribution in [3.8, 4) is 23.0 Å². The van der Waals surface area contributed by atoms with Gasteiger partial charge in [-0.15, -0.1) is 0 Å². The van der Waals surface area contributed by atoms with Crippen molar-refractivity contribution in [3.63, 3.8) is 0 Å². The van der Waals surface area contributed by atoms with Crippen molar-refractivity contribution >= 4 is 39.9 Å². The highest BCUT2D eigenvalue weighted by Crippen LogP contribution is 2.46. The van der Waals surface area contributed by atoms with Crippen LogP contribution in [0.2, 0.25) is 0 Å². The normalized spacial score (nSPS) is 16.9. The molecule has 242 valence electrons. The summed E-state index contributed by atoms with van der Waals surface area (Å²) in [5.41, 5.74) is 0.878. The number of fused-ring (bicyclic) bond motifs is 1. The molecular weight excluding hydrogens is 612 g/mol. The van der Waals surface area contributed by atoms with E-state index in [2.05, 4.69) is 25.4 Å². The third-order valence-electron chi connectivity index (χ3n) is 7.31. The maximum Gasteiger partial charge on any atom is 0.350 e. The minimum atomic E-state index is -1.13. The second kappa shape index (κ2) is 14.1. The number of aliphatic hydroxyl groups is 1. The average Bonchev–Trinajstić information content (AvgIpc) is 3.55.